The lowest BCUT2D eigenvalue weighted by molar-refractivity contribution is 0.138. The first kappa shape index (κ1) is 15.2. The highest BCUT2D eigenvalue weighted by atomic mass is 19.1. The van der Waals surface area contributed by atoms with E-state index in [2.05, 4.69) is 37.4 Å². The Kier molecular flexibility index (Phi) is 4.00. The third kappa shape index (κ3) is 3.02. The van der Waals surface area contributed by atoms with Crippen LogP contribution in [0.4, 0.5) is 4.39 Å². The molecule has 0 bridgehead atoms. The number of aryl methyl sites for hydroxylation is 1. The summed E-state index contributed by atoms with van der Waals surface area (Å²) in [6, 6.07) is 8.99. The Bertz CT molecular complexity index is 776. The van der Waals surface area contributed by atoms with E-state index in [0.29, 0.717) is 5.69 Å². The van der Waals surface area contributed by atoms with Crippen LogP contribution in [0, 0.1) is 12.7 Å². The van der Waals surface area contributed by atoms with E-state index in [0.717, 1.165) is 37.6 Å². The molecule has 5 nitrogen and oxygen atoms in total. The molecule has 2 aromatic heterocycles. The molecule has 0 aliphatic carbocycles. The quantitative estimate of drug-likeness (QED) is 0.937. The topological polar surface area (TPSA) is 44.3 Å². The second-order valence-corrected chi connectivity index (χ2v) is 6.27. The minimum Gasteiger partial charge on any atom is -0.309 e. The third-order valence-electron chi connectivity index (χ3n) is 4.44. The Morgan fingerprint density at radius 1 is 1.25 bits per heavy atom. The fraction of sp³-hybridized carbons (Fsp3) is 0.333. The van der Waals surface area contributed by atoms with Crippen molar-refractivity contribution in [2.75, 3.05) is 19.6 Å². The van der Waals surface area contributed by atoms with Gasteiger partial charge in [-0.1, -0.05) is 6.07 Å². The van der Waals surface area contributed by atoms with Gasteiger partial charge in [0.25, 0.3) is 0 Å². The van der Waals surface area contributed by atoms with E-state index < -0.39 is 0 Å². The van der Waals surface area contributed by atoms with Crippen molar-refractivity contribution < 1.29 is 4.39 Å². The molecule has 0 saturated carbocycles. The number of pyridine rings is 2. The highest BCUT2D eigenvalue weighted by molar-refractivity contribution is 5.24. The summed E-state index contributed by atoms with van der Waals surface area (Å²) in [6.07, 6.45) is 3.70. The molecule has 24 heavy (non-hydrogen) atoms. The van der Waals surface area contributed by atoms with E-state index in [4.69, 9.17) is 0 Å². The van der Waals surface area contributed by atoms with Crippen LogP contribution in [0.3, 0.4) is 0 Å². The van der Waals surface area contributed by atoms with Crippen molar-refractivity contribution in [3.8, 4) is 0 Å². The zero-order valence-corrected chi connectivity index (χ0v) is 13.6. The van der Waals surface area contributed by atoms with Crippen molar-refractivity contribution >= 4 is 0 Å². The Morgan fingerprint density at radius 2 is 2.17 bits per heavy atom. The highest BCUT2D eigenvalue weighted by Crippen LogP contribution is 2.27. The van der Waals surface area contributed by atoms with E-state index >= 15 is 0 Å². The van der Waals surface area contributed by atoms with Gasteiger partial charge in [0.15, 0.2) is 0 Å². The van der Waals surface area contributed by atoms with Gasteiger partial charge in [0.1, 0.15) is 5.82 Å². The second-order valence-electron chi connectivity index (χ2n) is 6.27. The molecule has 2 aliphatic rings. The molecule has 4 rings (SSSR count). The molecular weight excluding hydrogens is 305 g/mol. The lowest BCUT2D eigenvalue weighted by Crippen LogP contribution is -2.47. The predicted octanol–water partition coefficient (Wildman–Crippen LogP) is 2.19. The van der Waals surface area contributed by atoms with Crippen LogP contribution in [0.5, 0.6) is 0 Å². The number of piperazine rings is 1. The lowest BCUT2D eigenvalue weighted by Gasteiger charge is -2.35. The lowest BCUT2D eigenvalue weighted by atomic mass is 10.1. The zero-order valence-electron chi connectivity index (χ0n) is 13.6. The van der Waals surface area contributed by atoms with Gasteiger partial charge in [-0.3, -0.25) is 14.9 Å². The average Bonchev–Trinajstić information content (AvgIpc) is 2.98. The minimum atomic E-state index is -0.271. The Hall–Kier alpha value is -2.31. The molecule has 1 N–H and O–H groups in total. The van der Waals surface area contributed by atoms with E-state index in [1.807, 2.05) is 19.1 Å². The number of nitrogens with zero attached hydrogens (tertiary/aromatic N) is 4. The third-order valence-corrected chi connectivity index (χ3v) is 4.44. The van der Waals surface area contributed by atoms with Crippen molar-refractivity contribution in [1.29, 1.82) is 0 Å². The number of hydrogen-bond acceptors (Lipinski definition) is 5. The van der Waals surface area contributed by atoms with Gasteiger partial charge in [-0.2, -0.15) is 0 Å². The molecular formula is C18H20FN5. The molecule has 0 radical (unpaired) electrons. The van der Waals surface area contributed by atoms with Crippen LogP contribution >= 0.6 is 0 Å². The van der Waals surface area contributed by atoms with Crippen LogP contribution in [0.1, 0.15) is 23.1 Å². The van der Waals surface area contributed by atoms with Crippen molar-refractivity contribution in [2.45, 2.75) is 19.5 Å². The van der Waals surface area contributed by atoms with E-state index in [1.165, 1.54) is 11.8 Å². The summed E-state index contributed by atoms with van der Waals surface area (Å²) in [5, 5.41) is 2.11. The number of fused-ring (bicyclic) bond motifs is 1. The number of halogens is 1. The van der Waals surface area contributed by atoms with Gasteiger partial charge in [0, 0.05) is 43.8 Å². The van der Waals surface area contributed by atoms with Crippen molar-refractivity contribution in [3.05, 3.63) is 71.2 Å². The maximum Gasteiger partial charge on any atom is 0.146 e. The molecule has 1 unspecified atom stereocenters. The van der Waals surface area contributed by atoms with Gasteiger partial charge in [-0.15, -0.1) is 0 Å². The van der Waals surface area contributed by atoms with Gasteiger partial charge in [-0.25, -0.2) is 9.82 Å². The summed E-state index contributed by atoms with van der Waals surface area (Å²) in [5.41, 5.74) is 7.09. The fourth-order valence-corrected chi connectivity index (χ4v) is 3.28. The molecule has 4 heterocycles. The molecule has 124 valence electrons. The summed E-state index contributed by atoms with van der Waals surface area (Å²) in [7, 11) is 0. The summed E-state index contributed by atoms with van der Waals surface area (Å²) in [5.74, 6) is -0.271. The first-order valence-corrected chi connectivity index (χ1v) is 8.19. The van der Waals surface area contributed by atoms with Crippen LogP contribution in [-0.2, 0) is 6.54 Å². The molecule has 6 heteroatoms. The Labute approximate surface area is 140 Å². The van der Waals surface area contributed by atoms with Crippen LogP contribution in [0.2, 0.25) is 0 Å². The first-order chi connectivity index (χ1) is 11.7. The summed E-state index contributed by atoms with van der Waals surface area (Å²) in [4.78, 5) is 11.1. The fourth-order valence-electron chi connectivity index (χ4n) is 3.28. The largest absolute Gasteiger partial charge is 0.309 e. The second kappa shape index (κ2) is 6.30. The number of nitrogens with one attached hydrogen (secondary N) is 1. The van der Waals surface area contributed by atoms with Crippen molar-refractivity contribution in [1.82, 2.24) is 25.3 Å². The monoisotopic (exact) mass is 325 g/mol. The maximum atomic E-state index is 14.0. The first-order valence-electron chi connectivity index (χ1n) is 8.19. The maximum absolute atomic E-state index is 14.0. The van der Waals surface area contributed by atoms with Gasteiger partial charge >= 0.3 is 0 Å². The molecule has 2 aromatic rings. The molecule has 1 atom stereocenters. The van der Waals surface area contributed by atoms with Gasteiger partial charge < -0.3 is 5.01 Å². The summed E-state index contributed by atoms with van der Waals surface area (Å²) in [6.45, 7) is 5.47. The Morgan fingerprint density at radius 3 is 3.00 bits per heavy atom. The van der Waals surface area contributed by atoms with E-state index in [9.17, 15) is 4.39 Å². The Balaban J connectivity index is 1.48. The normalized spacial score (nSPS) is 20.8. The number of hydrazine groups is 1. The average molecular weight is 325 g/mol. The van der Waals surface area contributed by atoms with Gasteiger partial charge in [0.2, 0.25) is 0 Å². The van der Waals surface area contributed by atoms with Crippen molar-refractivity contribution in [2.24, 2.45) is 0 Å². The van der Waals surface area contributed by atoms with Crippen LogP contribution < -0.4 is 5.43 Å². The molecule has 1 saturated heterocycles. The van der Waals surface area contributed by atoms with Crippen LogP contribution in [0.25, 0.3) is 0 Å². The number of aromatic nitrogens is 2. The summed E-state index contributed by atoms with van der Waals surface area (Å²) >= 11 is 0. The minimum absolute atomic E-state index is 0.196. The number of rotatable bonds is 3. The molecule has 0 aromatic carbocycles. The molecule has 2 aliphatic heterocycles. The SMILES string of the molecule is Cc1cccc(CN2CCN3NC(c4ncccc4F)C=C3C2)n1. The molecule has 1 fully saturated rings. The zero-order chi connectivity index (χ0) is 16.5. The highest BCUT2D eigenvalue weighted by Gasteiger charge is 2.30. The van der Waals surface area contributed by atoms with Crippen LogP contribution in [-0.4, -0.2) is 39.5 Å². The predicted molar refractivity (Wildman–Crippen MR) is 89.1 cm³/mol. The van der Waals surface area contributed by atoms with Gasteiger partial charge in [0.05, 0.1) is 17.4 Å². The smallest absolute Gasteiger partial charge is 0.146 e. The van der Waals surface area contributed by atoms with E-state index in [-0.39, 0.29) is 11.9 Å². The van der Waals surface area contributed by atoms with Crippen molar-refractivity contribution in [3.63, 3.8) is 0 Å². The van der Waals surface area contributed by atoms with E-state index in [1.54, 1.807) is 12.3 Å². The molecule has 0 spiro atoms. The van der Waals surface area contributed by atoms with Crippen LogP contribution in [0.15, 0.2) is 48.3 Å². The van der Waals surface area contributed by atoms with Gasteiger partial charge in [-0.05, 0) is 37.3 Å². The summed E-state index contributed by atoms with van der Waals surface area (Å²) < 4.78 is 14.0. The molecule has 0 amide bonds. The standard InChI is InChI=1S/C18H20FN5/c1-13-4-2-5-14(21-13)11-23-8-9-24-15(12-23)10-17(22-24)18-16(19)6-3-7-20-18/h2-7,10,17,22H,8-9,11-12H2,1H3. The number of hydrogen-bond donors (Lipinski definition) is 1.